The first kappa shape index (κ1) is 14.6. The van der Waals surface area contributed by atoms with E-state index in [2.05, 4.69) is 14.7 Å². The number of sulfonamides is 1. The number of aromatic nitrogens is 2. The molecular weight excluding hydrogens is 296 g/mol. The van der Waals surface area contributed by atoms with Gasteiger partial charge in [0, 0.05) is 18.0 Å². The molecule has 4 N–H and O–H groups in total. The van der Waals surface area contributed by atoms with Crippen LogP contribution in [0.5, 0.6) is 0 Å². The van der Waals surface area contributed by atoms with Gasteiger partial charge in [-0.05, 0) is 5.56 Å². The van der Waals surface area contributed by atoms with Gasteiger partial charge in [0.1, 0.15) is 10.8 Å². The lowest BCUT2D eigenvalue weighted by Gasteiger charge is -2.09. The maximum absolute atomic E-state index is 12.0. The molecule has 106 valence electrons. The molecule has 0 atom stereocenters. The van der Waals surface area contributed by atoms with E-state index in [0.29, 0.717) is 17.0 Å². The van der Waals surface area contributed by atoms with Crippen LogP contribution in [-0.2, 0) is 22.3 Å². The van der Waals surface area contributed by atoms with Gasteiger partial charge >= 0.3 is 0 Å². The maximum atomic E-state index is 12.0. The van der Waals surface area contributed by atoms with Crippen molar-refractivity contribution < 1.29 is 8.42 Å². The van der Waals surface area contributed by atoms with E-state index < -0.39 is 10.0 Å². The van der Waals surface area contributed by atoms with E-state index >= 15 is 0 Å². The number of aromatic amines is 1. The minimum Gasteiger partial charge on any atom is -0.389 e. The second kappa shape index (κ2) is 6.12. The Morgan fingerprint density at radius 1 is 1.40 bits per heavy atom. The molecule has 0 aliphatic rings. The Morgan fingerprint density at radius 2 is 2.15 bits per heavy atom. The van der Waals surface area contributed by atoms with Crippen molar-refractivity contribution in [2.75, 3.05) is 0 Å². The van der Waals surface area contributed by atoms with Gasteiger partial charge in [0.2, 0.25) is 10.0 Å². The van der Waals surface area contributed by atoms with E-state index in [4.69, 9.17) is 18.0 Å². The molecule has 2 rings (SSSR count). The lowest BCUT2D eigenvalue weighted by Crippen LogP contribution is -2.26. The third-order valence-corrected chi connectivity index (χ3v) is 4.14. The number of nitrogens with two attached hydrogens (primary N) is 1. The Hall–Kier alpha value is -1.77. The van der Waals surface area contributed by atoms with Gasteiger partial charge in [0.15, 0.2) is 0 Å². The lowest BCUT2D eigenvalue weighted by atomic mass is 10.1. The molecule has 0 fully saturated rings. The average molecular weight is 310 g/mol. The Morgan fingerprint density at radius 3 is 2.80 bits per heavy atom. The fraction of sp³-hybridized carbons (Fsp3) is 0.167. The first-order valence-corrected chi connectivity index (χ1v) is 7.87. The number of hydrogen-bond donors (Lipinski definition) is 3. The lowest BCUT2D eigenvalue weighted by molar-refractivity contribution is 0.578. The van der Waals surface area contributed by atoms with Gasteiger partial charge in [-0.1, -0.05) is 36.5 Å². The number of benzene rings is 1. The summed E-state index contributed by atoms with van der Waals surface area (Å²) in [5.74, 6) is 0.373. The molecule has 0 radical (unpaired) electrons. The highest BCUT2D eigenvalue weighted by atomic mass is 32.2. The third-order valence-electron chi connectivity index (χ3n) is 2.64. The second-order valence-electron chi connectivity index (χ2n) is 4.14. The van der Waals surface area contributed by atoms with Crippen LogP contribution in [0.3, 0.4) is 0 Å². The first-order valence-electron chi connectivity index (χ1n) is 5.81. The third kappa shape index (κ3) is 3.86. The van der Waals surface area contributed by atoms with Crippen LogP contribution < -0.4 is 10.5 Å². The van der Waals surface area contributed by atoms with Crippen molar-refractivity contribution in [3.8, 4) is 0 Å². The Bertz CT molecular complexity index is 696. The molecule has 1 aromatic carbocycles. The van der Waals surface area contributed by atoms with Crippen LogP contribution in [0.1, 0.15) is 17.0 Å². The summed E-state index contributed by atoms with van der Waals surface area (Å²) in [7, 11) is -3.49. The number of nitrogens with one attached hydrogen (secondary N) is 2. The highest BCUT2D eigenvalue weighted by Crippen LogP contribution is 2.12. The normalized spacial score (nSPS) is 11.4. The molecule has 0 aliphatic heterocycles. The van der Waals surface area contributed by atoms with Crippen LogP contribution in [0, 0.1) is 0 Å². The van der Waals surface area contributed by atoms with E-state index in [0.717, 1.165) is 0 Å². The van der Waals surface area contributed by atoms with E-state index in [1.54, 1.807) is 36.7 Å². The van der Waals surface area contributed by atoms with Gasteiger partial charge in [-0.2, -0.15) is 0 Å². The molecule has 0 bridgehead atoms. The molecule has 0 spiro atoms. The predicted octanol–water partition coefficient (Wildman–Crippen LogP) is 0.663. The molecule has 0 saturated carbocycles. The van der Waals surface area contributed by atoms with E-state index in [-0.39, 0.29) is 17.3 Å². The first-order chi connectivity index (χ1) is 9.48. The fourth-order valence-corrected chi connectivity index (χ4v) is 3.03. The van der Waals surface area contributed by atoms with E-state index in [9.17, 15) is 8.42 Å². The van der Waals surface area contributed by atoms with Crippen LogP contribution in [0.4, 0.5) is 0 Å². The number of imidazole rings is 1. The fourth-order valence-electron chi connectivity index (χ4n) is 1.72. The van der Waals surface area contributed by atoms with Gasteiger partial charge in [-0.3, -0.25) is 0 Å². The van der Waals surface area contributed by atoms with E-state index in [1.165, 1.54) is 0 Å². The summed E-state index contributed by atoms with van der Waals surface area (Å²) in [6, 6.07) is 6.92. The summed E-state index contributed by atoms with van der Waals surface area (Å²) in [5.41, 5.74) is 6.74. The molecule has 0 amide bonds. The van der Waals surface area contributed by atoms with E-state index in [1.807, 2.05) is 0 Å². The van der Waals surface area contributed by atoms with Crippen molar-refractivity contribution in [3.63, 3.8) is 0 Å². The Kier molecular flexibility index (Phi) is 4.48. The molecule has 1 aromatic heterocycles. The highest BCUT2D eigenvalue weighted by Gasteiger charge is 2.15. The van der Waals surface area contributed by atoms with Gasteiger partial charge < -0.3 is 10.7 Å². The number of rotatable bonds is 6. The zero-order chi connectivity index (χ0) is 14.6. The molecule has 20 heavy (non-hydrogen) atoms. The van der Waals surface area contributed by atoms with Crippen molar-refractivity contribution in [1.29, 1.82) is 0 Å². The minimum absolute atomic E-state index is 0.116. The number of nitrogens with zero attached hydrogens (tertiary/aromatic N) is 1. The molecule has 6 nitrogen and oxygen atoms in total. The summed E-state index contributed by atoms with van der Waals surface area (Å²) < 4.78 is 26.5. The molecule has 0 aliphatic carbocycles. The van der Waals surface area contributed by atoms with Crippen molar-refractivity contribution in [2.45, 2.75) is 12.3 Å². The van der Waals surface area contributed by atoms with Crippen molar-refractivity contribution >= 4 is 27.2 Å². The summed E-state index contributed by atoms with van der Waals surface area (Å²) in [6.07, 6.45) is 3.19. The highest BCUT2D eigenvalue weighted by molar-refractivity contribution is 7.88. The SMILES string of the molecule is NC(=S)c1ccccc1CS(=O)(=O)NCc1ncc[nH]1. The van der Waals surface area contributed by atoms with Gasteiger partial charge in [0.05, 0.1) is 12.3 Å². The zero-order valence-electron chi connectivity index (χ0n) is 10.5. The minimum atomic E-state index is -3.49. The second-order valence-corrected chi connectivity index (χ2v) is 6.38. The quantitative estimate of drug-likeness (QED) is 0.681. The Balaban J connectivity index is 2.10. The number of thiocarbonyl (C=S) groups is 1. The van der Waals surface area contributed by atoms with Gasteiger partial charge in [-0.25, -0.2) is 18.1 Å². The van der Waals surface area contributed by atoms with Crippen molar-refractivity contribution in [3.05, 3.63) is 53.6 Å². The predicted molar refractivity (Wildman–Crippen MR) is 80.4 cm³/mol. The summed E-state index contributed by atoms with van der Waals surface area (Å²) in [5, 5.41) is 0. The maximum Gasteiger partial charge on any atom is 0.216 e. The van der Waals surface area contributed by atoms with Crippen LogP contribution >= 0.6 is 12.2 Å². The van der Waals surface area contributed by atoms with Crippen LogP contribution in [0.25, 0.3) is 0 Å². The summed E-state index contributed by atoms with van der Waals surface area (Å²) in [4.78, 5) is 6.96. The van der Waals surface area contributed by atoms with Gasteiger partial charge in [0.25, 0.3) is 0 Å². The van der Waals surface area contributed by atoms with Crippen LogP contribution in [-0.4, -0.2) is 23.4 Å². The summed E-state index contributed by atoms with van der Waals surface area (Å²) >= 11 is 4.92. The van der Waals surface area contributed by atoms with Crippen LogP contribution in [0.2, 0.25) is 0 Å². The topological polar surface area (TPSA) is 101 Å². The van der Waals surface area contributed by atoms with Crippen molar-refractivity contribution in [1.82, 2.24) is 14.7 Å². The Labute approximate surface area is 122 Å². The molecule has 0 saturated heterocycles. The smallest absolute Gasteiger partial charge is 0.216 e. The molecule has 8 heteroatoms. The molecule has 2 aromatic rings. The molecule has 0 unspecified atom stereocenters. The molecular formula is C12H14N4O2S2. The average Bonchev–Trinajstić information content (AvgIpc) is 2.89. The standard InChI is InChI=1S/C12H14N4O2S2/c13-12(19)10-4-2-1-3-9(10)8-20(17,18)16-7-11-14-5-6-15-11/h1-6,16H,7-8H2,(H2,13,19)(H,14,15). The van der Waals surface area contributed by atoms with Gasteiger partial charge in [-0.15, -0.1) is 0 Å². The largest absolute Gasteiger partial charge is 0.389 e. The number of hydrogen-bond acceptors (Lipinski definition) is 4. The monoisotopic (exact) mass is 310 g/mol. The zero-order valence-corrected chi connectivity index (χ0v) is 12.2. The number of H-pyrrole nitrogens is 1. The van der Waals surface area contributed by atoms with Crippen molar-refractivity contribution in [2.24, 2.45) is 5.73 Å². The summed E-state index contributed by atoms with van der Waals surface area (Å²) in [6.45, 7) is 0.116. The van der Waals surface area contributed by atoms with Crippen LogP contribution in [0.15, 0.2) is 36.7 Å². The molecule has 1 heterocycles.